The minimum Gasteiger partial charge on any atom is -0.494 e. The van der Waals surface area contributed by atoms with Crippen LogP contribution in [0.25, 0.3) is 5.69 Å². The van der Waals surface area contributed by atoms with E-state index in [1.165, 1.54) is 18.1 Å². The van der Waals surface area contributed by atoms with Crippen LogP contribution in [0.15, 0.2) is 43.0 Å². The number of carbonyl (C=O) groups excluding carboxylic acids is 1. The molecule has 2 N–H and O–H groups in total. The molecule has 3 rings (SSSR count). The maximum absolute atomic E-state index is 12.2. The quantitative estimate of drug-likeness (QED) is 0.663. The molecule has 0 aliphatic heterocycles. The van der Waals surface area contributed by atoms with E-state index in [-0.39, 0.29) is 12.1 Å². The van der Waals surface area contributed by atoms with Crippen molar-refractivity contribution >= 4 is 11.7 Å². The zero-order valence-corrected chi connectivity index (χ0v) is 14.5. The van der Waals surface area contributed by atoms with Crippen molar-refractivity contribution in [2.75, 3.05) is 12.4 Å². The van der Waals surface area contributed by atoms with Gasteiger partial charge in [-0.1, -0.05) is 0 Å². The number of ether oxygens (including phenoxy) is 1. The Balaban J connectivity index is 1.58. The molecule has 0 unspecified atom stereocenters. The number of aryl methyl sites for hydroxylation is 1. The van der Waals surface area contributed by atoms with Crippen molar-refractivity contribution in [3.8, 4) is 11.4 Å². The Morgan fingerprint density at radius 1 is 1.38 bits per heavy atom. The summed E-state index contributed by atoms with van der Waals surface area (Å²) in [7, 11) is 1.54. The first-order chi connectivity index (χ1) is 12.7. The molecular weight excluding hydrogens is 336 g/mol. The van der Waals surface area contributed by atoms with Crippen LogP contribution >= 0.6 is 0 Å². The number of tetrazole rings is 1. The van der Waals surface area contributed by atoms with E-state index in [0.717, 1.165) is 18.7 Å². The molecule has 0 aliphatic rings. The molecular formula is C16H20N8O2. The van der Waals surface area contributed by atoms with Gasteiger partial charge in [0, 0.05) is 31.0 Å². The van der Waals surface area contributed by atoms with Gasteiger partial charge in [-0.3, -0.25) is 4.68 Å². The molecule has 10 nitrogen and oxygen atoms in total. The van der Waals surface area contributed by atoms with Crippen LogP contribution in [-0.4, -0.2) is 49.2 Å². The van der Waals surface area contributed by atoms with Crippen LogP contribution in [0.2, 0.25) is 0 Å². The number of aromatic nitrogens is 6. The van der Waals surface area contributed by atoms with Crippen LogP contribution in [0, 0.1) is 0 Å². The first kappa shape index (κ1) is 17.4. The van der Waals surface area contributed by atoms with Gasteiger partial charge in [-0.15, -0.1) is 5.10 Å². The summed E-state index contributed by atoms with van der Waals surface area (Å²) in [6, 6.07) is 6.83. The van der Waals surface area contributed by atoms with E-state index >= 15 is 0 Å². The highest BCUT2D eigenvalue weighted by Crippen LogP contribution is 2.26. The first-order valence-electron chi connectivity index (χ1n) is 8.12. The van der Waals surface area contributed by atoms with Crippen molar-refractivity contribution in [1.29, 1.82) is 0 Å². The van der Waals surface area contributed by atoms with Crippen molar-refractivity contribution in [3.63, 3.8) is 0 Å². The van der Waals surface area contributed by atoms with Crippen molar-refractivity contribution in [2.24, 2.45) is 0 Å². The van der Waals surface area contributed by atoms with Crippen LogP contribution in [0.4, 0.5) is 10.5 Å². The van der Waals surface area contributed by atoms with Gasteiger partial charge in [0.05, 0.1) is 18.5 Å². The largest absolute Gasteiger partial charge is 0.494 e. The monoisotopic (exact) mass is 356 g/mol. The summed E-state index contributed by atoms with van der Waals surface area (Å²) in [5.41, 5.74) is 1.28. The Labute approximate surface area is 150 Å². The van der Waals surface area contributed by atoms with E-state index < -0.39 is 0 Å². The summed E-state index contributed by atoms with van der Waals surface area (Å²) in [5.74, 6) is 0.511. The number of urea groups is 1. The van der Waals surface area contributed by atoms with E-state index in [9.17, 15) is 4.79 Å². The number of rotatable bonds is 7. The predicted molar refractivity (Wildman–Crippen MR) is 94.2 cm³/mol. The van der Waals surface area contributed by atoms with E-state index in [2.05, 4.69) is 31.3 Å². The average molecular weight is 356 g/mol. The van der Waals surface area contributed by atoms with E-state index in [1.54, 1.807) is 24.4 Å². The summed E-state index contributed by atoms with van der Waals surface area (Å²) in [4.78, 5) is 12.2. The third-order valence-corrected chi connectivity index (χ3v) is 3.77. The van der Waals surface area contributed by atoms with Gasteiger partial charge >= 0.3 is 6.03 Å². The Morgan fingerprint density at radius 2 is 2.27 bits per heavy atom. The lowest BCUT2D eigenvalue weighted by Gasteiger charge is -2.16. The number of amides is 2. The normalized spacial score (nSPS) is 11.8. The van der Waals surface area contributed by atoms with Crippen LogP contribution in [-0.2, 0) is 6.54 Å². The number of nitrogens with one attached hydrogen (secondary N) is 2. The standard InChI is InChI=1S/C16H20N8O2/c1-12(6-9-23-8-3-7-18-23)19-16(25)20-14-5-4-13(10-15(14)26-2)24-11-17-21-22-24/h3-5,7-8,10-12H,6,9H2,1-2H3,(H2,19,20,25)/t12-/m1/s1. The lowest BCUT2D eigenvalue weighted by Crippen LogP contribution is -2.36. The SMILES string of the molecule is COc1cc(-n2cnnn2)ccc1NC(=O)N[C@H](C)CCn1cccn1. The fourth-order valence-electron chi connectivity index (χ4n) is 2.42. The van der Waals surface area contributed by atoms with Crippen LogP contribution in [0.3, 0.4) is 0 Å². The van der Waals surface area contributed by atoms with Crippen molar-refractivity contribution in [1.82, 2.24) is 35.3 Å². The smallest absolute Gasteiger partial charge is 0.319 e. The van der Waals surface area contributed by atoms with Crippen molar-refractivity contribution < 1.29 is 9.53 Å². The summed E-state index contributed by atoms with van der Waals surface area (Å²) in [6.07, 6.45) is 5.88. The van der Waals surface area contributed by atoms with Gasteiger partial charge in [0.25, 0.3) is 0 Å². The topological polar surface area (TPSA) is 112 Å². The molecule has 0 saturated heterocycles. The van der Waals surface area contributed by atoms with Gasteiger partial charge in [0.1, 0.15) is 12.1 Å². The molecule has 1 aromatic carbocycles. The van der Waals surface area contributed by atoms with Gasteiger partial charge in [0.2, 0.25) is 0 Å². The van der Waals surface area contributed by atoms with Crippen LogP contribution in [0.5, 0.6) is 5.75 Å². The number of methoxy groups -OCH3 is 1. The molecule has 3 aromatic rings. The minimum absolute atomic E-state index is 0.00862. The van der Waals surface area contributed by atoms with E-state index in [1.807, 2.05) is 23.9 Å². The maximum Gasteiger partial charge on any atom is 0.319 e. The maximum atomic E-state index is 12.2. The zero-order valence-electron chi connectivity index (χ0n) is 14.5. The van der Waals surface area contributed by atoms with E-state index in [0.29, 0.717) is 11.4 Å². The molecule has 0 fully saturated rings. The third-order valence-electron chi connectivity index (χ3n) is 3.77. The summed E-state index contributed by atoms with van der Waals surface area (Å²) in [5, 5.41) is 20.9. The number of benzene rings is 1. The minimum atomic E-state index is -0.300. The number of hydrogen-bond donors (Lipinski definition) is 2. The Kier molecular flexibility index (Phi) is 5.42. The average Bonchev–Trinajstić information content (AvgIpc) is 3.34. The van der Waals surface area contributed by atoms with Crippen molar-refractivity contribution in [2.45, 2.75) is 25.9 Å². The number of anilines is 1. The third kappa shape index (κ3) is 4.35. The molecule has 0 saturated carbocycles. The molecule has 2 aromatic heterocycles. The van der Waals surface area contributed by atoms with Crippen molar-refractivity contribution in [3.05, 3.63) is 43.0 Å². The summed E-state index contributed by atoms with van der Waals surface area (Å²) < 4.78 is 8.68. The second-order valence-electron chi connectivity index (χ2n) is 5.70. The highest BCUT2D eigenvalue weighted by Gasteiger charge is 2.12. The van der Waals surface area contributed by atoms with E-state index in [4.69, 9.17) is 4.74 Å². The Hall–Kier alpha value is -3.43. The molecule has 10 heteroatoms. The van der Waals surface area contributed by atoms with Gasteiger partial charge in [0.15, 0.2) is 0 Å². The van der Waals surface area contributed by atoms with Gasteiger partial charge in [-0.25, -0.2) is 9.48 Å². The Bertz CT molecular complexity index is 832. The summed E-state index contributed by atoms with van der Waals surface area (Å²) >= 11 is 0. The molecule has 2 heterocycles. The first-order valence-corrected chi connectivity index (χ1v) is 8.12. The number of nitrogens with zero attached hydrogens (tertiary/aromatic N) is 6. The molecule has 26 heavy (non-hydrogen) atoms. The molecule has 2 amide bonds. The number of hydrogen-bond acceptors (Lipinski definition) is 6. The number of carbonyl (C=O) groups is 1. The predicted octanol–water partition coefficient (Wildman–Crippen LogP) is 1.47. The lowest BCUT2D eigenvalue weighted by atomic mass is 10.2. The zero-order chi connectivity index (χ0) is 18.4. The fraction of sp³-hybridized carbons (Fsp3) is 0.312. The summed E-state index contributed by atoms with van der Waals surface area (Å²) in [6.45, 7) is 2.68. The Morgan fingerprint density at radius 3 is 2.96 bits per heavy atom. The van der Waals surface area contributed by atoms with Gasteiger partial charge in [-0.2, -0.15) is 5.10 Å². The molecule has 1 atom stereocenters. The second-order valence-corrected chi connectivity index (χ2v) is 5.70. The molecule has 0 bridgehead atoms. The molecule has 0 radical (unpaired) electrons. The van der Waals surface area contributed by atoms with Gasteiger partial charge in [-0.05, 0) is 42.0 Å². The highest BCUT2D eigenvalue weighted by atomic mass is 16.5. The highest BCUT2D eigenvalue weighted by molar-refractivity contribution is 5.91. The second kappa shape index (κ2) is 8.10. The molecule has 0 aliphatic carbocycles. The van der Waals surface area contributed by atoms with Gasteiger partial charge < -0.3 is 15.4 Å². The fourth-order valence-corrected chi connectivity index (χ4v) is 2.42. The molecule has 0 spiro atoms. The van der Waals surface area contributed by atoms with Crippen LogP contribution < -0.4 is 15.4 Å². The lowest BCUT2D eigenvalue weighted by molar-refractivity contribution is 0.248. The van der Waals surface area contributed by atoms with Crippen LogP contribution in [0.1, 0.15) is 13.3 Å². The molecule has 136 valence electrons.